The van der Waals surface area contributed by atoms with E-state index in [-0.39, 0.29) is 34.9 Å². The second kappa shape index (κ2) is 7.57. The first-order valence-corrected chi connectivity index (χ1v) is 9.10. The van der Waals surface area contributed by atoms with E-state index in [1.807, 2.05) is 20.8 Å². The van der Waals surface area contributed by atoms with Gasteiger partial charge in [0.1, 0.15) is 11.3 Å². The number of carboxylic acid groups (broad SMARTS) is 1. The molecule has 0 unspecified atom stereocenters. The van der Waals surface area contributed by atoms with Gasteiger partial charge < -0.3 is 20.4 Å². The van der Waals surface area contributed by atoms with Crippen molar-refractivity contribution >= 4 is 23.7 Å². The second-order valence-corrected chi connectivity index (χ2v) is 8.14. The Morgan fingerprint density at radius 2 is 2.10 bits per heavy atom. The van der Waals surface area contributed by atoms with Crippen LogP contribution in [0.2, 0.25) is 0 Å². The highest BCUT2D eigenvalue weighted by Gasteiger charge is 2.30. The average molecular weight is 405 g/mol. The number of aromatic nitrogens is 3. The molecule has 0 spiro atoms. The molecule has 11 heteroatoms. The number of carboxylic acids is 1. The van der Waals surface area contributed by atoms with E-state index < -0.39 is 29.9 Å². The van der Waals surface area contributed by atoms with Gasteiger partial charge in [-0.3, -0.25) is 14.2 Å². The number of nitrogens with zero attached hydrogens (tertiary/aromatic N) is 4. The lowest BCUT2D eigenvalue weighted by atomic mass is 9.97. The molecule has 0 saturated heterocycles. The molecule has 1 fully saturated rings. The van der Waals surface area contributed by atoms with Crippen molar-refractivity contribution in [2.24, 2.45) is 10.6 Å². The van der Waals surface area contributed by atoms with Crippen LogP contribution in [0.4, 0.5) is 0 Å². The van der Waals surface area contributed by atoms with Gasteiger partial charge in [0.2, 0.25) is 12.5 Å². The number of rotatable bonds is 7. The van der Waals surface area contributed by atoms with Crippen LogP contribution in [0.15, 0.2) is 16.0 Å². The van der Waals surface area contributed by atoms with Crippen LogP contribution in [0, 0.1) is 5.41 Å². The first-order valence-electron chi connectivity index (χ1n) is 9.10. The van der Waals surface area contributed by atoms with Crippen LogP contribution < -0.4 is 10.9 Å². The molecular weight excluding hydrogens is 382 g/mol. The Kier molecular flexibility index (Phi) is 5.31. The van der Waals surface area contributed by atoms with Crippen LogP contribution in [-0.4, -0.2) is 55.1 Å². The lowest BCUT2D eigenvalue weighted by Gasteiger charge is -2.21. The predicted octanol–water partition coefficient (Wildman–Crippen LogP) is 0.575. The molecule has 1 saturated carbocycles. The number of hydrogen-bond acceptors (Lipinski definition) is 7. The van der Waals surface area contributed by atoms with Crippen molar-refractivity contribution in [2.45, 2.75) is 46.2 Å². The summed E-state index contributed by atoms with van der Waals surface area (Å²) >= 11 is 0. The number of aliphatic carboxylic acids is 1. The Balaban J connectivity index is 2.08. The lowest BCUT2D eigenvalue weighted by Crippen LogP contribution is -2.37. The largest absolute Gasteiger partial charge is 0.492 e. The van der Waals surface area contributed by atoms with Crippen LogP contribution in [0.1, 0.15) is 49.7 Å². The fraction of sp³-hybridized carbons (Fsp3) is 0.500. The molecule has 0 bridgehead atoms. The number of carbonyl (C=O) groups excluding carboxylic acids is 1. The average Bonchev–Trinajstić information content (AvgIpc) is 3.30. The van der Waals surface area contributed by atoms with E-state index in [2.05, 4.69) is 20.4 Å². The van der Waals surface area contributed by atoms with Gasteiger partial charge in [0.15, 0.2) is 5.56 Å². The van der Waals surface area contributed by atoms with E-state index in [1.54, 1.807) is 0 Å². The molecule has 2 aromatic rings. The Morgan fingerprint density at radius 3 is 2.69 bits per heavy atom. The molecule has 0 radical (unpaired) electrons. The first-order chi connectivity index (χ1) is 13.6. The lowest BCUT2D eigenvalue weighted by molar-refractivity contribution is -0.142. The molecule has 29 heavy (non-hydrogen) atoms. The van der Waals surface area contributed by atoms with Crippen LogP contribution in [0.5, 0.6) is 5.88 Å². The molecule has 1 aliphatic carbocycles. The Labute approximate surface area is 165 Å². The van der Waals surface area contributed by atoms with Crippen molar-refractivity contribution in [3.63, 3.8) is 0 Å². The number of carbonyl (C=O) groups is 2. The summed E-state index contributed by atoms with van der Waals surface area (Å²) in [6.07, 6.45) is 2.83. The summed E-state index contributed by atoms with van der Waals surface area (Å²) in [4.78, 5) is 40.7. The van der Waals surface area contributed by atoms with Crippen molar-refractivity contribution in [3.05, 3.63) is 27.7 Å². The molecule has 1 amide bonds. The normalized spacial score (nSPS) is 14.4. The fourth-order valence-electron chi connectivity index (χ4n) is 2.74. The molecule has 0 aliphatic heterocycles. The van der Waals surface area contributed by atoms with Crippen LogP contribution in [-0.2, 0) is 16.2 Å². The predicted molar refractivity (Wildman–Crippen MR) is 102 cm³/mol. The number of fused-ring (bicyclic) bond motifs is 1. The van der Waals surface area contributed by atoms with Gasteiger partial charge in [-0.15, -0.1) is 0 Å². The number of aromatic hydroxyl groups is 1. The molecular formula is C18H23N5O6. The maximum Gasteiger partial charge on any atom is 0.344 e. The number of hydrogen-bond donors (Lipinski definition) is 3. The number of amides is 1. The van der Waals surface area contributed by atoms with E-state index in [4.69, 9.17) is 5.11 Å². The molecule has 2 heterocycles. The van der Waals surface area contributed by atoms with E-state index >= 15 is 0 Å². The summed E-state index contributed by atoms with van der Waals surface area (Å²) in [6.45, 7) is 5.47. The molecule has 2 aromatic heterocycles. The fourth-order valence-corrected chi connectivity index (χ4v) is 2.74. The maximum atomic E-state index is 13.0. The third-order valence-corrected chi connectivity index (χ3v) is 4.09. The number of nitrogens with one attached hydrogen (secondary N) is 1. The molecule has 3 N–H and O–H groups in total. The molecule has 0 aromatic carbocycles. The third-order valence-electron chi connectivity index (χ3n) is 4.09. The van der Waals surface area contributed by atoms with Gasteiger partial charge in [0, 0.05) is 18.7 Å². The summed E-state index contributed by atoms with van der Waals surface area (Å²) in [5.74, 6) is -2.39. The minimum Gasteiger partial charge on any atom is -0.492 e. The third kappa shape index (κ3) is 4.73. The Morgan fingerprint density at radius 1 is 1.41 bits per heavy atom. The summed E-state index contributed by atoms with van der Waals surface area (Å²) < 4.78 is 2.47. The smallest absolute Gasteiger partial charge is 0.344 e. The van der Waals surface area contributed by atoms with Gasteiger partial charge in [0.05, 0.1) is 6.21 Å². The summed E-state index contributed by atoms with van der Waals surface area (Å²) in [5.41, 5.74) is -0.803. The molecule has 156 valence electrons. The van der Waals surface area contributed by atoms with Gasteiger partial charge in [-0.1, -0.05) is 25.9 Å². The Bertz CT molecular complexity index is 1040. The SMILES string of the molecule is CC(C)(C)Cn1c(=O)c(C(=O)NC2CC2)c(O)n2nc(/C=N/OCC(=O)O)cc12. The highest BCUT2D eigenvalue weighted by atomic mass is 16.6. The molecule has 1 aliphatic rings. The van der Waals surface area contributed by atoms with Crippen LogP contribution >= 0.6 is 0 Å². The maximum absolute atomic E-state index is 13.0. The van der Waals surface area contributed by atoms with Gasteiger partial charge >= 0.3 is 5.97 Å². The Hall–Kier alpha value is -3.37. The summed E-state index contributed by atoms with van der Waals surface area (Å²) in [6, 6.07) is 1.50. The van der Waals surface area contributed by atoms with Crippen molar-refractivity contribution in [3.8, 4) is 5.88 Å². The van der Waals surface area contributed by atoms with E-state index in [1.165, 1.54) is 10.6 Å². The molecule has 11 nitrogen and oxygen atoms in total. The van der Waals surface area contributed by atoms with E-state index in [9.17, 15) is 19.5 Å². The molecule has 3 rings (SSSR count). The monoisotopic (exact) mass is 405 g/mol. The topological polar surface area (TPSA) is 148 Å². The first kappa shape index (κ1) is 20.4. The minimum atomic E-state index is -1.18. The van der Waals surface area contributed by atoms with Crippen molar-refractivity contribution < 1.29 is 24.6 Å². The second-order valence-electron chi connectivity index (χ2n) is 8.14. The van der Waals surface area contributed by atoms with E-state index in [0.29, 0.717) is 0 Å². The molecule has 0 atom stereocenters. The quantitative estimate of drug-likeness (QED) is 0.451. The van der Waals surface area contributed by atoms with Gasteiger partial charge in [-0.05, 0) is 18.3 Å². The van der Waals surface area contributed by atoms with Gasteiger partial charge in [-0.2, -0.15) is 9.61 Å². The minimum absolute atomic E-state index is 0.0137. The van der Waals surface area contributed by atoms with Crippen LogP contribution in [0.3, 0.4) is 0 Å². The highest BCUT2D eigenvalue weighted by molar-refractivity contribution is 5.96. The highest BCUT2D eigenvalue weighted by Crippen LogP contribution is 2.23. The van der Waals surface area contributed by atoms with Gasteiger partial charge in [0.25, 0.3) is 11.5 Å². The zero-order valence-electron chi connectivity index (χ0n) is 16.4. The van der Waals surface area contributed by atoms with Crippen molar-refractivity contribution in [1.82, 2.24) is 19.5 Å². The zero-order chi connectivity index (χ0) is 21.3. The van der Waals surface area contributed by atoms with E-state index in [0.717, 1.165) is 23.6 Å². The number of oxime groups is 1. The standard InChI is InChI=1S/C18H23N5O6/c1-18(2,3)9-22-12-6-11(7-19-29-8-13(24)25)21-23(12)17(28)14(16(22)27)15(26)20-10-4-5-10/h6-7,10,28H,4-5,8-9H2,1-3H3,(H,20,26)(H,24,25)/b19-7+. The summed E-state index contributed by atoms with van der Waals surface area (Å²) in [5, 5.41) is 29.5. The van der Waals surface area contributed by atoms with Gasteiger partial charge in [-0.25, -0.2) is 4.79 Å². The van der Waals surface area contributed by atoms with Crippen molar-refractivity contribution in [1.29, 1.82) is 0 Å². The summed E-state index contributed by atoms with van der Waals surface area (Å²) in [7, 11) is 0. The van der Waals surface area contributed by atoms with Crippen molar-refractivity contribution in [2.75, 3.05) is 6.61 Å². The zero-order valence-corrected chi connectivity index (χ0v) is 16.4. The van der Waals surface area contributed by atoms with Crippen LogP contribution in [0.25, 0.3) is 5.65 Å².